The van der Waals surface area contributed by atoms with Gasteiger partial charge in [-0.15, -0.1) is 0 Å². The van der Waals surface area contributed by atoms with Crippen molar-refractivity contribution in [2.75, 3.05) is 20.7 Å². The lowest BCUT2D eigenvalue weighted by Crippen LogP contribution is -2.30. The fraction of sp³-hybridized carbons (Fsp3) is 0.583. The fourth-order valence-electron chi connectivity index (χ4n) is 2.77. The number of allylic oxidation sites excluding steroid dienone is 2. The molecule has 1 N–H and O–H groups in total. The Hall–Kier alpha value is -2.50. The molecule has 0 saturated heterocycles. The Bertz CT molecular complexity index is 686. The summed E-state index contributed by atoms with van der Waals surface area (Å²) in [5.74, 6) is 1.45. The van der Waals surface area contributed by atoms with Crippen LogP contribution in [0.1, 0.15) is 64.9 Å². The minimum Gasteiger partial charge on any atom is -0.493 e. The molecular weight excluding hydrogens is 380 g/mol. The quantitative estimate of drug-likeness (QED) is 0.348. The van der Waals surface area contributed by atoms with Gasteiger partial charge in [-0.25, -0.2) is 4.79 Å². The summed E-state index contributed by atoms with van der Waals surface area (Å²) < 4.78 is 10.8. The Morgan fingerprint density at radius 2 is 1.93 bits per heavy atom. The number of unbranched alkanes of at least 4 members (excludes halogenated alkanes) is 3. The molecule has 6 nitrogen and oxygen atoms in total. The molecule has 0 aromatic heterocycles. The topological polar surface area (TPSA) is 67.9 Å². The normalized spacial score (nSPS) is 11.0. The van der Waals surface area contributed by atoms with Gasteiger partial charge in [0, 0.05) is 26.6 Å². The lowest BCUT2D eigenvalue weighted by Gasteiger charge is -2.17. The van der Waals surface area contributed by atoms with Gasteiger partial charge in [0.2, 0.25) is 5.91 Å². The summed E-state index contributed by atoms with van der Waals surface area (Å²) in [6.07, 6.45) is 9.32. The highest BCUT2D eigenvalue weighted by Gasteiger charge is 2.14. The van der Waals surface area contributed by atoms with Crippen LogP contribution in [-0.2, 0) is 11.3 Å². The summed E-state index contributed by atoms with van der Waals surface area (Å²) in [4.78, 5) is 25.8. The number of rotatable bonds is 13. The Kier molecular flexibility index (Phi) is 12.3. The van der Waals surface area contributed by atoms with Gasteiger partial charge in [0.25, 0.3) is 0 Å². The third-order valence-electron chi connectivity index (χ3n) is 4.62. The lowest BCUT2D eigenvalue weighted by atomic mass is 10.1. The Balaban J connectivity index is 2.47. The second-order valence-corrected chi connectivity index (χ2v) is 7.82. The summed E-state index contributed by atoms with van der Waals surface area (Å²) in [5.41, 5.74) is 0.888. The van der Waals surface area contributed by atoms with Crippen molar-refractivity contribution in [3.05, 3.63) is 35.9 Å². The smallest absolute Gasteiger partial charge is 0.415 e. The number of hydrogen-bond donors (Lipinski definition) is 1. The number of carbonyl (C=O) groups is 2. The zero-order valence-electron chi connectivity index (χ0n) is 19.2. The minimum absolute atomic E-state index is 0.0369. The molecule has 0 heterocycles. The second-order valence-electron chi connectivity index (χ2n) is 7.82. The van der Waals surface area contributed by atoms with Crippen molar-refractivity contribution < 1.29 is 19.1 Å². The number of hydrogen-bond acceptors (Lipinski definition) is 4. The van der Waals surface area contributed by atoms with Gasteiger partial charge in [-0.05, 0) is 49.3 Å². The lowest BCUT2D eigenvalue weighted by molar-refractivity contribution is -0.121. The van der Waals surface area contributed by atoms with Crippen LogP contribution in [0.5, 0.6) is 11.5 Å². The summed E-state index contributed by atoms with van der Waals surface area (Å²) in [6.45, 7) is 7.44. The Morgan fingerprint density at radius 1 is 1.17 bits per heavy atom. The molecule has 0 bridgehead atoms. The average molecular weight is 419 g/mol. The Labute approximate surface area is 181 Å². The van der Waals surface area contributed by atoms with Gasteiger partial charge >= 0.3 is 6.09 Å². The first-order chi connectivity index (χ1) is 14.4. The zero-order valence-corrected chi connectivity index (χ0v) is 19.2. The molecule has 168 valence electrons. The van der Waals surface area contributed by atoms with Crippen molar-refractivity contribution in [2.45, 2.75) is 65.8 Å². The summed E-state index contributed by atoms with van der Waals surface area (Å²) in [7, 11) is 3.25. The van der Waals surface area contributed by atoms with Crippen molar-refractivity contribution in [3.8, 4) is 11.5 Å². The molecule has 0 spiro atoms. The van der Waals surface area contributed by atoms with E-state index in [1.54, 1.807) is 24.1 Å². The van der Waals surface area contributed by atoms with Gasteiger partial charge in [0.05, 0.1) is 7.11 Å². The van der Waals surface area contributed by atoms with Crippen molar-refractivity contribution in [1.82, 2.24) is 10.2 Å². The van der Waals surface area contributed by atoms with Crippen LogP contribution in [0.25, 0.3) is 0 Å². The highest BCUT2D eigenvalue weighted by Crippen LogP contribution is 2.28. The molecule has 6 heteroatoms. The third-order valence-corrected chi connectivity index (χ3v) is 4.62. The van der Waals surface area contributed by atoms with Crippen LogP contribution < -0.4 is 14.8 Å². The molecule has 2 amide bonds. The molecule has 0 fully saturated rings. The summed E-state index contributed by atoms with van der Waals surface area (Å²) >= 11 is 0. The van der Waals surface area contributed by atoms with Gasteiger partial charge in [-0.2, -0.15) is 0 Å². The van der Waals surface area contributed by atoms with Crippen LogP contribution in [-0.4, -0.2) is 37.6 Å². The van der Waals surface area contributed by atoms with Crippen LogP contribution in [0.2, 0.25) is 0 Å². The van der Waals surface area contributed by atoms with Crippen LogP contribution in [0.15, 0.2) is 30.4 Å². The third kappa shape index (κ3) is 10.3. The largest absolute Gasteiger partial charge is 0.493 e. The van der Waals surface area contributed by atoms with E-state index in [-0.39, 0.29) is 5.91 Å². The number of methoxy groups -OCH3 is 1. The van der Waals surface area contributed by atoms with E-state index in [9.17, 15) is 9.59 Å². The number of benzene rings is 1. The van der Waals surface area contributed by atoms with E-state index in [4.69, 9.17) is 9.47 Å². The standard InChI is InChI=1S/C24H38N2O4/c1-6-7-16-26(4)24(28)30-21-15-14-20(17-22(21)29-5)18-25-23(27)13-11-9-8-10-12-19(2)3/h10,12,14-15,17,19H,6-9,11,13,16,18H2,1-5H3,(H,25,27)/b12-10+. The van der Waals surface area contributed by atoms with Crippen LogP contribution in [0, 0.1) is 5.92 Å². The van der Waals surface area contributed by atoms with E-state index in [1.165, 1.54) is 7.11 Å². The van der Waals surface area contributed by atoms with Crippen molar-refractivity contribution in [1.29, 1.82) is 0 Å². The van der Waals surface area contributed by atoms with Gasteiger partial charge < -0.3 is 19.7 Å². The Morgan fingerprint density at radius 3 is 2.60 bits per heavy atom. The molecule has 0 aliphatic carbocycles. The SMILES string of the molecule is CCCCN(C)C(=O)Oc1ccc(CNC(=O)CCCC/C=C/C(C)C)cc1OC. The van der Waals surface area contributed by atoms with E-state index in [0.29, 0.717) is 36.9 Å². The summed E-state index contributed by atoms with van der Waals surface area (Å²) in [6, 6.07) is 5.31. The monoisotopic (exact) mass is 418 g/mol. The maximum absolute atomic E-state index is 12.2. The molecule has 0 aliphatic rings. The van der Waals surface area contributed by atoms with Gasteiger partial charge in [-0.3, -0.25) is 4.79 Å². The first kappa shape index (κ1) is 25.5. The second kappa shape index (κ2) is 14.5. The van der Waals surface area contributed by atoms with Crippen molar-refractivity contribution >= 4 is 12.0 Å². The molecule has 1 rings (SSSR count). The molecule has 0 aliphatic heterocycles. The zero-order chi connectivity index (χ0) is 22.4. The number of nitrogens with one attached hydrogen (secondary N) is 1. The molecule has 1 aromatic rings. The van der Waals surface area contributed by atoms with Gasteiger partial charge in [-0.1, -0.05) is 45.4 Å². The van der Waals surface area contributed by atoms with Crippen LogP contribution >= 0.6 is 0 Å². The molecule has 1 aromatic carbocycles. The molecule has 0 radical (unpaired) electrons. The van der Waals surface area contributed by atoms with E-state index in [2.05, 4.69) is 38.2 Å². The van der Waals surface area contributed by atoms with E-state index < -0.39 is 6.09 Å². The molecular formula is C24H38N2O4. The van der Waals surface area contributed by atoms with Gasteiger partial charge in [0.1, 0.15) is 0 Å². The number of amides is 2. The molecule has 30 heavy (non-hydrogen) atoms. The average Bonchev–Trinajstić information content (AvgIpc) is 2.73. The van der Waals surface area contributed by atoms with Crippen molar-refractivity contribution in [3.63, 3.8) is 0 Å². The molecule has 0 saturated carbocycles. The predicted octanol–water partition coefficient (Wildman–Crippen LogP) is 5.31. The number of nitrogens with zero attached hydrogens (tertiary/aromatic N) is 1. The number of carbonyl (C=O) groups excluding carboxylic acids is 2. The molecule has 0 atom stereocenters. The van der Waals surface area contributed by atoms with E-state index in [0.717, 1.165) is 37.7 Å². The van der Waals surface area contributed by atoms with Crippen LogP contribution in [0.4, 0.5) is 4.79 Å². The van der Waals surface area contributed by atoms with E-state index in [1.807, 2.05) is 6.07 Å². The highest BCUT2D eigenvalue weighted by molar-refractivity contribution is 5.76. The predicted molar refractivity (Wildman–Crippen MR) is 121 cm³/mol. The molecule has 0 unspecified atom stereocenters. The van der Waals surface area contributed by atoms with Gasteiger partial charge in [0.15, 0.2) is 11.5 Å². The maximum Gasteiger partial charge on any atom is 0.415 e. The first-order valence-electron chi connectivity index (χ1n) is 10.9. The fourth-order valence-corrected chi connectivity index (χ4v) is 2.77. The highest BCUT2D eigenvalue weighted by atomic mass is 16.6. The maximum atomic E-state index is 12.2. The van der Waals surface area contributed by atoms with Crippen LogP contribution in [0.3, 0.4) is 0 Å². The minimum atomic E-state index is -0.411. The van der Waals surface area contributed by atoms with Crippen molar-refractivity contribution in [2.24, 2.45) is 5.92 Å². The first-order valence-corrected chi connectivity index (χ1v) is 10.9. The van der Waals surface area contributed by atoms with E-state index >= 15 is 0 Å². The summed E-state index contributed by atoms with van der Waals surface area (Å²) in [5, 5.41) is 2.93. The number of ether oxygens (including phenoxy) is 2.